The topological polar surface area (TPSA) is 66.4 Å². The van der Waals surface area contributed by atoms with Crippen molar-refractivity contribution >= 4 is 49.9 Å². The van der Waals surface area contributed by atoms with Gasteiger partial charge >= 0.3 is 5.97 Å². The Balaban J connectivity index is 1.91. The number of rotatable bonds is 3. The summed E-state index contributed by atoms with van der Waals surface area (Å²) in [5.41, 5.74) is 0.667. The monoisotopic (exact) mass is 315 g/mol. The Hall–Kier alpha value is -3.40. The van der Waals surface area contributed by atoms with Crippen LogP contribution >= 0.6 is 0 Å². The number of aliphatic carboxylic acids is 1. The number of hydrogen-bond donors (Lipinski definition) is 2. The molecule has 116 valence electrons. The van der Waals surface area contributed by atoms with Gasteiger partial charge in [0.05, 0.1) is 0 Å². The second-order valence-corrected chi connectivity index (χ2v) is 5.63. The van der Waals surface area contributed by atoms with Gasteiger partial charge in [0.15, 0.2) is 0 Å². The number of anilines is 1. The summed E-state index contributed by atoms with van der Waals surface area (Å²) in [5.74, 6) is -1.62. The molecule has 0 aliphatic carbocycles. The standard InChI is InChI=1S/C20H13NO3/c22-17(10-11-18(23)24)21-16-9-7-14-5-4-12-2-1-3-13-6-8-15(16)20(14)19(12)13/h1-11H,(H,21,22)(H,23,24)/b11-10-. The van der Waals surface area contributed by atoms with E-state index in [4.69, 9.17) is 5.11 Å². The molecular formula is C20H13NO3. The van der Waals surface area contributed by atoms with E-state index in [1.165, 1.54) is 5.39 Å². The molecule has 0 aliphatic heterocycles. The molecule has 1 amide bonds. The molecule has 4 aromatic carbocycles. The molecule has 4 rings (SSSR count). The maximum absolute atomic E-state index is 11.9. The van der Waals surface area contributed by atoms with Crippen LogP contribution in [0.3, 0.4) is 0 Å². The van der Waals surface area contributed by atoms with Crippen LogP contribution in [0.5, 0.6) is 0 Å². The van der Waals surface area contributed by atoms with Crippen LogP contribution in [-0.2, 0) is 9.59 Å². The Morgan fingerprint density at radius 3 is 2.12 bits per heavy atom. The van der Waals surface area contributed by atoms with Crippen LogP contribution in [0.1, 0.15) is 0 Å². The summed E-state index contributed by atoms with van der Waals surface area (Å²) in [7, 11) is 0. The molecule has 0 atom stereocenters. The van der Waals surface area contributed by atoms with Crippen molar-refractivity contribution in [3.63, 3.8) is 0 Å². The van der Waals surface area contributed by atoms with Gasteiger partial charge in [-0.3, -0.25) is 4.79 Å². The summed E-state index contributed by atoms with van der Waals surface area (Å²) < 4.78 is 0. The number of benzene rings is 4. The zero-order valence-electron chi connectivity index (χ0n) is 12.6. The van der Waals surface area contributed by atoms with Crippen molar-refractivity contribution in [3.05, 3.63) is 66.7 Å². The fourth-order valence-electron chi connectivity index (χ4n) is 3.17. The summed E-state index contributed by atoms with van der Waals surface area (Å²) in [6.45, 7) is 0. The average Bonchev–Trinajstić information content (AvgIpc) is 2.59. The summed E-state index contributed by atoms with van der Waals surface area (Å²) in [6.07, 6.45) is 1.84. The van der Waals surface area contributed by atoms with Crippen LogP contribution in [0, 0.1) is 0 Å². The Bertz CT molecular complexity index is 1110. The zero-order chi connectivity index (χ0) is 16.7. The Labute approximate surface area is 137 Å². The molecule has 4 nitrogen and oxygen atoms in total. The SMILES string of the molecule is O=C(O)/C=C\C(=O)Nc1ccc2ccc3cccc4ccc1c2c34. The molecule has 0 saturated heterocycles. The highest BCUT2D eigenvalue weighted by Gasteiger charge is 2.11. The minimum atomic E-state index is -1.15. The number of carboxylic acid groups (broad SMARTS) is 1. The van der Waals surface area contributed by atoms with Crippen LogP contribution in [0.15, 0.2) is 66.7 Å². The molecule has 4 aromatic rings. The van der Waals surface area contributed by atoms with E-state index in [1.807, 2.05) is 30.3 Å². The van der Waals surface area contributed by atoms with Gasteiger partial charge in [0.2, 0.25) is 5.91 Å². The number of hydrogen-bond acceptors (Lipinski definition) is 2. The van der Waals surface area contributed by atoms with E-state index in [2.05, 4.69) is 29.6 Å². The molecule has 0 fully saturated rings. The first-order valence-corrected chi connectivity index (χ1v) is 7.52. The minimum absolute atomic E-state index is 0.465. The minimum Gasteiger partial charge on any atom is -0.478 e. The van der Waals surface area contributed by atoms with E-state index < -0.39 is 11.9 Å². The molecule has 0 saturated carbocycles. The number of amides is 1. The first-order chi connectivity index (χ1) is 11.6. The molecule has 0 radical (unpaired) electrons. The van der Waals surface area contributed by atoms with Gasteiger partial charge in [0.1, 0.15) is 0 Å². The van der Waals surface area contributed by atoms with E-state index in [0.29, 0.717) is 5.69 Å². The maximum atomic E-state index is 11.9. The first-order valence-electron chi connectivity index (χ1n) is 7.52. The first kappa shape index (κ1) is 14.2. The van der Waals surface area contributed by atoms with Crippen LogP contribution < -0.4 is 5.32 Å². The molecule has 0 aliphatic rings. The molecule has 4 heteroatoms. The lowest BCUT2D eigenvalue weighted by Gasteiger charge is -2.13. The van der Waals surface area contributed by atoms with Gasteiger partial charge in [-0.2, -0.15) is 0 Å². The quantitative estimate of drug-likeness (QED) is 0.440. The maximum Gasteiger partial charge on any atom is 0.328 e. The van der Waals surface area contributed by atoms with Crippen LogP contribution in [0.25, 0.3) is 32.3 Å². The highest BCUT2D eigenvalue weighted by atomic mass is 16.4. The van der Waals surface area contributed by atoms with Crippen molar-refractivity contribution in [2.75, 3.05) is 5.32 Å². The molecule has 0 aromatic heterocycles. The lowest BCUT2D eigenvalue weighted by atomic mass is 9.93. The van der Waals surface area contributed by atoms with Crippen molar-refractivity contribution < 1.29 is 14.7 Å². The molecule has 24 heavy (non-hydrogen) atoms. The van der Waals surface area contributed by atoms with Crippen LogP contribution in [-0.4, -0.2) is 17.0 Å². The summed E-state index contributed by atoms with van der Waals surface area (Å²) in [4.78, 5) is 22.4. The van der Waals surface area contributed by atoms with Crippen LogP contribution in [0.4, 0.5) is 5.69 Å². The molecule has 0 spiro atoms. The molecule has 0 bridgehead atoms. The summed E-state index contributed by atoms with van der Waals surface area (Å²) in [6, 6.07) is 18.2. The van der Waals surface area contributed by atoms with E-state index in [1.54, 1.807) is 0 Å². The second-order valence-electron chi connectivity index (χ2n) is 5.63. The number of nitrogens with one attached hydrogen (secondary N) is 1. The van der Waals surface area contributed by atoms with E-state index in [-0.39, 0.29) is 0 Å². The number of carboxylic acids is 1. The molecule has 2 N–H and O–H groups in total. The largest absolute Gasteiger partial charge is 0.478 e. The van der Waals surface area contributed by atoms with Crippen molar-refractivity contribution in [1.29, 1.82) is 0 Å². The fourth-order valence-corrected chi connectivity index (χ4v) is 3.17. The number of carbonyl (C=O) groups is 2. The van der Waals surface area contributed by atoms with Crippen molar-refractivity contribution in [2.45, 2.75) is 0 Å². The van der Waals surface area contributed by atoms with Gasteiger partial charge in [-0.05, 0) is 33.0 Å². The van der Waals surface area contributed by atoms with Gasteiger partial charge in [0, 0.05) is 23.2 Å². The Morgan fingerprint density at radius 1 is 0.792 bits per heavy atom. The smallest absolute Gasteiger partial charge is 0.328 e. The van der Waals surface area contributed by atoms with E-state index in [0.717, 1.165) is 39.1 Å². The van der Waals surface area contributed by atoms with Gasteiger partial charge in [-0.25, -0.2) is 4.79 Å². The van der Waals surface area contributed by atoms with E-state index >= 15 is 0 Å². The Kier molecular flexibility index (Phi) is 3.17. The zero-order valence-corrected chi connectivity index (χ0v) is 12.6. The lowest BCUT2D eigenvalue weighted by molar-refractivity contribution is -0.131. The second kappa shape index (κ2) is 5.35. The molecular weight excluding hydrogens is 302 g/mol. The van der Waals surface area contributed by atoms with Crippen molar-refractivity contribution in [3.8, 4) is 0 Å². The van der Waals surface area contributed by atoms with Gasteiger partial charge < -0.3 is 10.4 Å². The molecule has 0 unspecified atom stereocenters. The lowest BCUT2D eigenvalue weighted by Crippen LogP contribution is -2.09. The molecule has 0 heterocycles. The van der Waals surface area contributed by atoms with Gasteiger partial charge in [0.25, 0.3) is 0 Å². The Morgan fingerprint density at radius 2 is 1.42 bits per heavy atom. The predicted octanol–water partition coefficient (Wildman–Crippen LogP) is 4.16. The third kappa shape index (κ3) is 2.25. The number of carbonyl (C=O) groups excluding carboxylic acids is 1. The van der Waals surface area contributed by atoms with E-state index in [9.17, 15) is 9.59 Å². The predicted molar refractivity (Wildman–Crippen MR) is 95.6 cm³/mol. The third-order valence-electron chi connectivity index (χ3n) is 4.16. The van der Waals surface area contributed by atoms with Crippen LogP contribution in [0.2, 0.25) is 0 Å². The summed E-state index contributed by atoms with van der Waals surface area (Å²) >= 11 is 0. The fraction of sp³-hybridized carbons (Fsp3) is 0. The summed E-state index contributed by atoms with van der Waals surface area (Å²) in [5, 5.41) is 18.0. The average molecular weight is 315 g/mol. The third-order valence-corrected chi connectivity index (χ3v) is 4.16. The van der Waals surface area contributed by atoms with Gasteiger partial charge in [-0.1, -0.05) is 48.5 Å². The van der Waals surface area contributed by atoms with Gasteiger partial charge in [-0.15, -0.1) is 0 Å². The normalized spacial score (nSPS) is 11.7. The van der Waals surface area contributed by atoms with Crippen molar-refractivity contribution in [2.24, 2.45) is 0 Å². The van der Waals surface area contributed by atoms with Crippen molar-refractivity contribution in [1.82, 2.24) is 0 Å². The highest BCUT2D eigenvalue weighted by Crippen LogP contribution is 2.37. The highest BCUT2D eigenvalue weighted by molar-refractivity contribution is 6.26.